The average Bonchev–Trinajstić information content (AvgIpc) is 3.36. The molecule has 0 spiro atoms. The molecular weight excluding hydrogens is 506 g/mol. The molecule has 2 unspecified atom stereocenters. The molecule has 1 aromatic heterocycles. The smallest absolute Gasteiger partial charge is 0.416 e. The van der Waals surface area contributed by atoms with Crippen LogP contribution in [0.25, 0.3) is 0 Å². The number of alkyl halides is 6. The van der Waals surface area contributed by atoms with Crippen molar-refractivity contribution in [1.82, 2.24) is 10.2 Å². The SMILES string of the molecule is COc1ccc2c(c1)C(=O)N(C)C(c1cc(C(F)(F)F)cc(C(F)(F)F)c1)C2C(=O)NCc1ccco1. The number of nitrogens with one attached hydrogen (secondary N) is 1. The fraction of sp³-hybridized carbons (Fsp3) is 0.280. The topological polar surface area (TPSA) is 71.8 Å². The lowest BCUT2D eigenvalue weighted by atomic mass is 9.78. The molecule has 0 aliphatic carbocycles. The van der Waals surface area contributed by atoms with E-state index in [1.54, 1.807) is 12.1 Å². The number of carbonyl (C=O) groups excluding carboxylic acids is 2. The molecule has 2 heterocycles. The lowest BCUT2D eigenvalue weighted by Crippen LogP contribution is -2.45. The minimum atomic E-state index is -5.10. The number of hydrogen-bond donors (Lipinski definition) is 1. The minimum absolute atomic E-state index is 0.00105. The fourth-order valence-electron chi connectivity index (χ4n) is 4.38. The molecule has 2 atom stereocenters. The van der Waals surface area contributed by atoms with Crippen LogP contribution in [0.4, 0.5) is 26.3 Å². The number of ether oxygens (including phenoxy) is 1. The summed E-state index contributed by atoms with van der Waals surface area (Å²) in [5.74, 6) is -2.10. The quantitative estimate of drug-likeness (QED) is 0.443. The number of nitrogens with zero attached hydrogens (tertiary/aromatic N) is 1. The zero-order valence-electron chi connectivity index (χ0n) is 19.4. The van der Waals surface area contributed by atoms with Gasteiger partial charge in [-0.1, -0.05) is 6.07 Å². The standard InChI is InChI=1S/C25H20F6N2O4/c1-33-21(13-8-14(24(26,27)28)10-15(9-13)25(29,30)31)20(22(34)32-12-17-4-3-7-37-17)18-6-5-16(36-2)11-19(18)23(33)35/h3-11,20-21H,12H2,1-2H3,(H,32,34). The van der Waals surface area contributed by atoms with Gasteiger partial charge in [0.25, 0.3) is 5.91 Å². The summed E-state index contributed by atoms with van der Waals surface area (Å²) in [5, 5.41) is 2.60. The molecule has 0 fully saturated rings. The van der Waals surface area contributed by atoms with E-state index >= 15 is 0 Å². The van der Waals surface area contributed by atoms with Crippen LogP contribution < -0.4 is 10.1 Å². The van der Waals surface area contributed by atoms with E-state index in [-0.39, 0.29) is 29.5 Å². The third-order valence-electron chi connectivity index (χ3n) is 6.13. The van der Waals surface area contributed by atoms with Gasteiger partial charge in [-0.2, -0.15) is 26.3 Å². The highest BCUT2D eigenvalue weighted by atomic mass is 19.4. The lowest BCUT2D eigenvalue weighted by molar-refractivity contribution is -0.143. The monoisotopic (exact) mass is 526 g/mol. The Bertz CT molecular complexity index is 1290. The highest BCUT2D eigenvalue weighted by Gasteiger charge is 2.45. The molecule has 196 valence electrons. The average molecular weight is 526 g/mol. The highest BCUT2D eigenvalue weighted by Crippen LogP contribution is 2.46. The number of likely N-dealkylation sites (N-methyl/N-ethyl adjacent to an activating group) is 1. The van der Waals surface area contributed by atoms with Crippen molar-refractivity contribution in [3.63, 3.8) is 0 Å². The van der Waals surface area contributed by atoms with Crippen molar-refractivity contribution in [3.05, 3.63) is 88.4 Å². The molecular formula is C25H20F6N2O4. The zero-order chi connectivity index (χ0) is 27.1. The molecule has 2 amide bonds. The third-order valence-corrected chi connectivity index (χ3v) is 6.13. The van der Waals surface area contributed by atoms with Crippen LogP contribution in [0.3, 0.4) is 0 Å². The predicted molar refractivity (Wildman–Crippen MR) is 118 cm³/mol. The molecule has 0 bridgehead atoms. The maximum absolute atomic E-state index is 13.6. The van der Waals surface area contributed by atoms with Crippen LogP contribution in [0.2, 0.25) is 0 Å². The van der Waals surface area contributed by atoms with Crippen molar-refractivity contribution in [2.75, 3.05) is 14.2 Å². The second-order valence-electron chi connectivity index (χ2n) is 8.43. The first-order valence-corrected chi connectivity index (χ1v) is 10.9. The normalized spacial score (nSPS) is 17.9. The van der Waals surface area contributed by atoms with Crippen molar-refractivity contribution < 1.29 is 45.1 Å². The van der Waals surface area contributed by atoms with Gasteiger partial charge in [0, 0.05) is 12.6 Å². The Morgan fingerprint density at radius 3 is 2.22 bits per heavy atom. The summed E-state index contributed by atoms with van der Waals surface area (Å²) in [4.78, 5) is 27.6. The van der Waals surface area contributed by atoms with E-state index in [2.05, 4.69) is 5.32 Å². The molecule has 1 aliphatic rings. The number of hydrogen-bond acceptors (Lipinski definition) is 4. The van der Waals surface area contributed by atoms with Crippen LogP contribution in [0, 0.1) is 0 Å². The van der Waals surface area contributed by atoms with Gasteiger partial charge in [0.2, 0.25) is 5.91 Å². The first-order valence-electron chi connectivity index (χ1n) is 10.9. The van der Waals surface area contributed by atoms with Gasteiger partial charge in [0.1, 0.15) is 11.5 Å². The summed E-state index contributed by atoms with van der Waals surface area (Å²) in [6.07, 6.45) is -8.83. The third kappa shape index (κ3) is 5.13. The molecule has 2 aromatic carbocycles. The van der Waals surface area contributed by atoms with Gasteiger partial charge in [-0.3, -0.25) is 9.59 Å². The largest absolute Gasteiger partial charge is 0.497 e. The number of amides is 2. The zero-order valence-corrected chi connectivity index (χ0v) is 19.4. The Labute approximate surface area is 206 Å². The first kappa shape index (κ1) is 26.1. The number of fused-ring (bicyclic) bond motifs is 1. The first-order chi connectivity index (χ1) is 17.3. The molecule has 6 nitrogen and oxygen atoms in total. The van der Waals surface area contributed by atoms with E-state index in [1.165, 1.54) is 38.6 Å². The summed E-state index contributed by atoms with van der Waals surface area (Å²) in [7, 11) is 2.58. The Morgan fingerprint density at radius 1 is 1.03 bits per heavy atom. The van der Waals surface area contributed by atoms with Gasteiger partial charge in [-0.15, -0.1) is 0 Å². The van der Waals surface area contributed by atoms with Gasteiger partial charge < -0.3 is 19.4 Å². The fourth-order valence-corrected chi connectivity index (χ4v) is 4.38. The molecule has 12 heteroatoms. The number of halogens is 6. The number of furan rings is 1. The van der Waals surface area contributed by atoms with E-state index in [0.717, 1.165) is 4.90 Å². The Kier molecular flexibility index (Phi) is 6.70. The summed E-state index contributed by atoms with van der Waals surface area (Å²) in [5.41, 5.74) is -3.41. The summed E-state index contributed by atoms with van der Waals surface area (Å²) in [6, 6.07) is 6.97. The van der Waals surface area contributed by atoms with Crippen molar-refractivity contribution in [2.24, 2.45) is 0 Å². The van der Waals surface area contributed by atoms with Crippen LogP contribution in [0.1, 0.15) is 50.3 Å². The predicted octanol–water partition coefficient (Wildman–Crippen LogP) is 5.55. The molecule has 0 radical (unpaired) electrons. The van der Waals surface area contributed by atoms with Crippen LogP contribution in [0.5, 0.6) is 5.75 Å². The van der Waals surface area contributed by atoms with Crippen molar-refractivity contribution >= 4 is 11.8 Å². The van der Waals surface area contributed by atoms with Crippen LogP contribution in [-0.2, 0) is 23.7 Å². The second-order valence-corrected chi connectivity index (χ2v) is 8.43. The van der Waals surface area contributed by atoms with Crippen LogP contribution in [0.15, 0.2) is 59.2 Å². The van der Waals surface area contributed by atoms with E-state index in [0.29, 0.717) is 17.9 Å². The van der Waals surface area contributed by atoms with E-state index in [1.807, 2.05) is 0 Å². The maximum Gasteiger partial charge on any atom is 0.416 e. The van der Waals surface area contributed by atoms with Crippen molar-refractivity contribution in [2.45, 2.75) is 30.9 Å². The lowest BCUT2D eigenvalue weighted by Gasteiger charge is -2.40. The van der Waals surface area contributed by atoms with Gasteiger partial charge in [0.15, 0.2) is 0 Å². The van der Waals surface area contributed by atoms with Crippen LogP contribution >= 0.6 is 0 Å². The van der Waals surface area contributed by atoms with E-state index < -0.39 is 52.8 Å². The molecule has 37 heavy (non-hydrogen) atoms. The van der Waals surface area contributed by atoms with Gasteiger partial charge >= 0.3 is 12.4 Å². The molecule has 4 rings (SSSR count). The second kappa shape index (κ2) is 9.49. The Balaban J connectivity index is 1.89. The molecule has 0 saturated heterocycles. The number of methoxy groups -OCH3 is 1. The molecule has 1 aliphatic heterocycles. The van der Waals surface area contributed by atoms with Crippen molar-refractivity contribution in [3.8, 4) is 5.75 Å². The van der Waals surface area contributed by atoms with E-state index in [4.69, 9.17) is 9.15 Å². The highest BCUT2D eigenvalue weighted by molar-refractivity contribution is 6.01. The van der Waals surface area contributed by atoms with E-state index in [9.17, 15) is 35.9 Å². The molecule has 0 saturated carbocycles. The maximum atomic E-state index is 13.6. The Hall–Kier alpha value is -3.96. The number of carbonyl (C=O) groups is 2. The van der Waals surface area contributed by atoms with Crippen LogP contribution in [-0.4, -0.2) is 30.9 Å². The summed E-state index contributed by atoms with van der Waals surface area (Å²) >= 11 is 0. The number of rotatable bonds is 5. The summed E-state index contributed by atoms with van der Waals surface area (Å²) < 4.78 is 91.8. The van der Waals surface area contributed by atoms with Gasteiger partial charge in [0.05, 0.1) is 43.0 Å². The molecule has 3 aromatic rings. The van der Waals surface area contributed by atoms with Gasteiger partial charge in [-0.05, 0) is 53.6 Å². The minimum Gasteiger partial charge on any atom is -0.497 e. The molecule has 1 N–H and O–H groups in total. The number of benzene rings is 2. The van der Waals surface area contributed by atoms with Gasteiger partial charge in [-0.25, -0.2) is 0 Å². The summed E-state index contributed by atoms with van der Waals surface area (Å²) in [6.45, 7) is -0.0887. The Morgan fingerprint density at radius 2 is 1.68 bits per heavy atom. The van der Waals surface area contributed by atoms with Crippen molar-refractivity contribution in [1.29, 1.82) is 0 Å².